The van der Waals surface area contributed by atoms with Crippen molar-refractivity contribution in [1.82, 2.24) is 46.4 Å². The van der Waals surface area contributed by atoms with E-state index in [0.717, 1.165) is 29.8 Å². The standard InChI is InChI=1S/C69H102N10O17S/c1-51(2)45-53-13-15-54(16-14-53)46-64(81)71-23-6-5-11-61(67(85)86)77-65(82)59(76-63(80)22-30-89-37-43-95-44-38-90-32-25-70-3)10-4-7-24-72-69(97)75-55-19-17-52(18-20-55)21-31-96-58-47-57(74-62(48-58)68(87)88)50-79-28-35-93-41-39-91-33-26-78(27-34-92-40-42-94-36-29-79)49-56-9-8-12-60(73-56)66(83)84/h8-9,12-20,47-48,51,59,61,70H,4-7,10-11,21-46,49-50H2,1-3H3,(H,71,81)(H,76,80)(H,77,82)(H,83,84)(H,85,86)(H,87,88)(H2,72,75,97). The lowest BCUT2D eigenvalue weighted by Gasteiger charge is -2.23. The van der Waals surface area contributed by atoms with Crippen molar-refractivity contribution in [2.45, 2.75) is 103 Å². The average Bonchev–Trinajstić information content (AvgIpc) is 1.07. The molecule has 2 unspecified atom stereocenters. The van der Waals surface area contributed by atoms with Gasteiger partial charge in [-0.25, -0.2) is 24.4 Å². The van der Waals surface area contributed by atoms with Crippen LogP contribution in [0, 0.1) is 5.92 Å². The summed E-state index contributed by atoms with van der Waals surface area (Å²) < 4.78 is 46.2. The zero-order chi connectivity index (χ0) is 69.7. The minimum atomic E-state index is -1.21. The fraction of sp³-hybridized carbons (Fsp3) is 0.580. The molecule has 3 amide bonds. The molecule has 2 atom stereocenters. The second-order valence-electron chi connectivity index (χ2n) is 23.6. The van der Waals surface area contributed by atoms with Crippen molar-refractivity contribution >= 4 is 58.6 Å². The van der Waals surface area contributed by atoms with Crippen LogP contribution >= 0.6 is 12.2 Å². The first-order valence-electron chi connectivity index (χ1n) is 33.5. The maximum absolute atomic E-state index is 13.7. The lowest BCUT2D eigenvalue weighted by molar-refractivity contribution is -0.142. The second kappa shape index (κ2) is 48.4. The number of aromatic nitrogens is 2. The highest BCUT2D eigenvalue weighted by molar-refractivity contribution is 7.80. The monoisotopic (exact) mass is 1370 g/mol. The third-order valence-electron chi connectivity index (χ3n) is 15.1. The first kappa shape index (κ1) is 80.3. The van der Waals surface area contributed by atoms with E-state index in [0.29, 0.717) is 192 Å². The number of unbranched alkanes of at least 4 members (excludes halogenated alkanes) is 2. The number of nitrogens with one attached hydrogen (secondary N) is 6. The Morgan fingerprint density at radius 1 is 0.567 bits per heavy atom. The molecule has 0 aliphatic carbocycles. The van der Waals surface area contributed by atoms with Gasteiger partial charge in [-0.15, -0.1) is 0 Å². The summed E-state index contributed by atoms with van der Waals surface area (Å²) >= 11 is 5.59. The van der Waals surface area contributed by atoms with Gasteiger partial charge in [0, 0.05) is 89.6 Å². The van der Waals surface area contributed by atoms with Gasteiger partial charge >= 0.3 is 17.9 Å². The maximum atomic E-state index is 13.7. The molecule has 9 N–H and O–H groups in total. The number of aromatic carboxylic acids is 2. The Morgan fingerprint density at radius 3 is 1.70 bits per heavy atom. The largest absolute Gasteiger partial charge is 0.493 e. The highest BCUT2D eigenvalue weighted by Crippen LogP contribution is 2.19. The normalized spacial score (nSPS) is 14.7. The number of carboxylic acids is 3. The number of hydrogen-bond acceptors (Lipinski definition) is 20. The number of carboxylic acid groups (broad SMARTS) is 3. The van der Waals surface area contributed by atoms with Crippen LogP contribution in [-0.2, 0) is 84.7 Å². The van der Waals surface area contributed by atoms with Crippen LogP contribution in [0.2, 0.25) is 0 Å². The van der Waals surface area contributed by atoms with E-state index in [4.69, 9.17) is 50.1 Å². The molecular weight excluding hydrogens is 1270 g/mol. The molecule has 97 heavy (non-hydrogen) atoms. The predicted molar refractivity (Wildman–Crippen MR) is 368 cm³/mol. The molecule has 2 aromatic carbocycles. The van der Waals surface area contributed by atoms with Crippen LogP contribution in [0.3, 0.4) is 0 Å². The number of thiocarbonyl (C=S) groups is 1. The number of nitrogens with zero attached hydrogens (tertiary/aromatic N) is 4. The molecule has 0 bridgehead atoms. The summed E-state index contributed by atoms with van der Waals surface area (Å²) in [5, 5.41) is 47.5. The van der Waals surface area contributed by atoms with Crippen LogP contribution in [0.25, 0.3) is 0 Å². The molecule has 5 rings (SSSR count). The Bertz CT molecular complexity index is 2930. The molecule has 27 nitrogen and oxygen atoms in total. The Labute approximate surface area is 575 Å². The highest BCUT2D eigenvalue weighted by atomic mass is 32.1. The third kappa shape index (κ3) is 36.2. The van der Waals surface area contributed by atoms with Crippen molar-refractivity contribution in [1.29, 1.82) is 0 Å². The first-order chi connectivity index (χ1) is 47.0. The first-order valence-corrected chi connectivity index (χ1v) is 33.9. The van der Waals surface area contributed by atoms with E-state index in [2.05, 4.69) is 65.5 Å². The van der Waals surface area contributed by atoms with Crippen molar-refractivity contribution in [3.63, 3.8) is 0 Å². The third-order valence-corrected chi connectivity index (χ3v) is 15.4. The fourth-order valence-electron chi connectivity index (χ4n) is 9.99. The van der Waals surface area contributed by atoms with Crippen LogP contribution in [0.5, 0.6) is 5.75 Å². The maximum Gasteiger partial charge on any atom is 0.354 e. The van der Waals surface area contributed by atoms with Gasteiger partial charge in [0.2, 0.25) is 17.7 Å². The van der Waals surface area contributed by atoms with Crippen LogP contribution in [-0.4, -0.2) is 240 Å². The van der Waals surface area contributed by atoms with E-state index in [-0.39, 0.29) is 62.8 Å². The number of carbonyl (C=O) groups is 6. The SMILES string of the molecule is CNCCOCCOCCOCCC(=O)NC(CCCCNC(=S)Nc1ccc(CCOc2cc(CN3CCOCCOCCN(Cc4cccc(C(=O)O)n4)CCOCCOCC3)nc(C(=O)O)c2)cc1)C(=O)NC(CCCCNC(=O)Cc1ccc(CC(C)C)cc1)C(=O)O. The van der Waals surface area contributed by atoms with Crippen molar-refractivity contribution in [2.24, 2.45) is 5.92 Å². The molecule has 3 heterocycles. The average molecular weight is 1380 g/mol. The van der Waals surface area contributed by atoms with E-state index < -0.39 is 41.8 Å². The number of amides is 3. The number of pyridine rings is 2. The summed E-state index contributed by atoms with van der Waals surface area (Å²) in [7, 11) is 1.85. The van der Waals surface area contributed by atoms with Gasteiger partial charge in [-0.1, -0.05) is 56.3 Å². The lowest BCUT2D eigenvalue weighted by atomic mass is 10.0. The molecule has 28 heteroatoms. The summed E-state index contributed by atoms with van der Waals surface area (Å²) in [6, 6.07) is 21.5. The number of hydrogen-bond donors (Lipinski definition) is 9. The Hall–Kier alpha value is -7.35. The Morgan fingerprint density at radius 2 is 1.11 bits per heavy atom. The van der Waals surface area contributed by atoms with Crippen molar-refractivity contribution in [3.8, 4) is 5.75 Å². The van der Waals surface area contributed by atoms with E-state index in [1.807, 2.05) is 55.6 Å². The second-order valence-corrected chi connectivity index (χ2v) is 24.0. The number of ether oxygens (including phenoxy) is 8. The number of benzene rings is 2. The highest BCUT2D eigenvalue weighted by Gasteiger charge is 2.27. The molecular formula is C69H102N10O17S. The molecule has 0 radical (unpaired) electrons. The van der Waals surface area contributed by atoms with Gasteiger partial charge < -0.3 is 85.1 Å². The predicted octanol–water partition coefficient (Wildman–Crippen LogP) is 4.78. The smallest absolute Gasteiger partial charge is 0.354 e. The molecule has 1 aliphatic heterocycles. The molecule has 1 aliphatic rings. The summed E-state index contributed by atoms with van der Waals surface area (Å²) in [6.07, 6.45) is 3.98. The number of likely N-dealkylation sites (N-methyl/N-ethyl adjacent to an activating group) is 1. The topological polar surface area (TPSA) is 341 Å². The summed E-state index contributed by atoms with van der Waals surface area (Å²) in [6.45, 7) is 14.2. The number of anilines is 1. The van der Waals surface area contributed by atoms with E-state index in [1.54, 1.807) is 18.2 Å². The summed E-state index contributed by atoms with van der Waals surface area (Å²) in [4.78, 5) is 88.5. The molecule has 2 aromatic heterocycles. The lowest BCUT2D eigenvalue weighted by Crippen LogP contribution is -2.51. The minimum Gasteiger partial charge on any atom is -0.493 e. The molecule has 1 fully saturated rings. The van der Waals surface area contributed by atoms with Crippen molar-refractivity contribution in [2.75, 3.05) is 157 Å². The van der Waals surface area contributed by atoms with Gasteiger partial charge in [-0.05, 0) is 111 Å². The molecule has 4 aromatic rings. The van der Waals surface area contributed by atoms with Gasteiger partial charge in [0.1, 0.15) is 23.5 Å². The summed E-state index contributed by atoms with van der Waals surface area (Å²) in [5.41, 5.74) is 4.81. The zero-order valence-corrected chi connectivity index (χ0v) is 57.3. The van der Waals surface area contributed by atoms with Gasteiger partial charge in [0.05, 0.1) is 117 Å². The van der Waals surface area contributed by atoms with E-state index in [1.165, 1.54) is 17.7 Å². The van der Waals surface area contributed by atoms with Crippen LogP contribution < -0.4 is 36.6 Å². The molecule has 0 saturated carbocycles. The summed E-state index contributed by atoms with van der Waals surface area (Å²) in [5.74, 6) is -3.75. The number of carbonyl (C=O) groups excluding carboxylic acids is 3. The fourth-order valence-corrected chi connectivity index (χ4v) is 10.2. The Kier molecular flexibility index (Phi) is 40.1. The van der Waals surface area contributed by atoms with Crippen LogP contribution in [0.4, 0.5) is 5.69 Å². The van der Waals surface area contributed by atoms with Gasteiger partial charge in [0.25, 0.3) is 0 Å². The molecule has 536 valence electrons. The Balaban J connectivity index is 1.03. The van der Waals surface area contributed by atoms with Crippen LogP contribution in [0.1, 0.15) is 108 Å². The molecule has 0 spiro atoms. The minimum absolute atomic E-state index is 0.00986. The van der Waals surface area contributed by atoms with Crippen molar-refractivity contribution in [3.05, 3.63) is 118 Å². The van der Waals surface area contributed by atoms with Crippen molar-refractivity contribution < 1.29 is 82.0 Å². The van der Waals surface area contributed by atoms with Gasteiger partial charge in [0.15, 0.2) is 10.8 Å². The van der Waals surface area contributed by atoms with E-state index in [9.17, 15) is 44.1 Å². The van der Waals surface area contributed by atoms with Gasteiger partial charge in [-0.2, -0.15) is 0 Å². The van der Waals surface area contributed by atoms with E-state index >= 15 is 0 Å². The molecule has 1 saturated heterocycles. The van der Waals surface area contributed by atoms with Crippen LogP contribution in [0.15, 0.2) is 78.9 Å². The van der Waals surface area contributed by atoms with Gasteiger partial charge in [-0.3, -0.25) is 24.2 Å². The number of aliphatic carboxylic acids is 1. The quantitative estimate of drug-likeness (QED) is 0.0213. The number of rotatable bonds is 41. The zero-order valence-electron chi connectivity index (χ0n) is 56.5.